The van der Waals surface area contributed by atoms with Crippen LogP contribution >= 0.6 is 0 Å². The highest BCUT2D eigenvalue weighted by Gasteiger charge is 2.16. The lowest BCUT2D eigenvalue weighted by Crippen LogP contribution is -2.37. The Kier molecular flexibility index (Phi) is 6.99. The van der Waals surface area contributed by atoms with Crippen LogP contribution < -0.4 is 11.1 Å². The maximum Gasteiger partial charge on any atom is 0.250 e. The molecule has 3 rings (SSSR count). The molecule has 1 aliphatic heterocycles. The smallest absolute Gasteiger partial charge is 0.250 e. The summed E-state index contributed by atoms with van der Waals surface area (Å²) in [7, 11) is 0. The highest BCUT2D eigenvalue weighted by atomic mass is 16.1. The minimum absolute atomic E-state index is 0.0895. The first-order valence-corrected chi connectivity index (χ1v) is 10.3. The van der Waals surface area contributed by atoms with E-state index in [4.69, 9.17) is 5.73 Å². The Morgan fingerprint density at radius 3 is 2.62 bits per heavy atom. The number of carbonyl (C=O) groups excluding carboxylic acids is 2. The fourth-order valence-corrected chi connectivity index (χ4v) is 3.81. The number of pyridine rings is 1. The van der Waals surface area contributed by atoms with Gasteiger partial charge in [-0.05, 0) is 49.9 Å². The van der Waals surface area contributed by atoms with Gasteiger partial charge < -0.3 is 16.0 Å². The molecular weight excluding hydrogens is 364 g/mol. The molecule has 0 radical (unpaired) electrons. The molecule has 154 valence electrons. The molecule has 6 nitrogen and oxygen atoms in total. The fourth-order valence-electron chi connectivity index (χ4n) is 3.81. The number of nitrogens with two attached hydrogens (primary N) is 1. The SMILES string of the molecule is Cc1nc(-c2ccc(CNC(=O)CCN3CCC[C@@H](C)C3)cc2)ccc1C(N)=O. The van der Waals surface area contributed by atoms with Crippen LogP contribution in [0.5, 0.6) is 0 Å². The van der Waals surface area contributed by atoms with Gasteiger partial charge in [-0.25, -0.2) is 0 Å². The van der Waals surface area contributed by atoms with Gasteiger partial charge in [0.25, 0.3) is 5.91 Å². The van der Waals surface area contributed by atoms with Gasteiger partial charge in [-0.1, -0.05) is 31.2 Å². The van der Waals surface area contributed by atoms with Crippen LogP contribution in [-0.4, -0.2) is 41.3 Å². The van der Waals surface area contributed by atoms with Gasteiger partial charge in [0.1, 0.15) is 0 Å². The molecule has 1 aromatic carbocycles. The van der Waals surface area contributed by atoms with Gasteiger partial charge in [0.05, 0.1) is 17.0 Å². The average molecular weight is 395 g/mol. The van der Waals surface area contributed by atoms with Crippen molar-refractivity contribution in [1.29, 1.82) is 0 Å². The van der Waals surface area contributed by atoms with Crippen LogP contribution in [0, 0.1) is 12.8 Å². The molecule has 0 bridgehead atoms. The Balaban J connectivity index is 1.49. The maximum absolute atomic E-state index is 12.2. The summed E-state index contributed by atoms with van der Waals surface area (Å²) in [5, 5.41) is 3.01. The number of amides is 2. The number of rotatable bonds is 7. The summed E-state index contributed by atoms with van der Waals surface area (Å²) < 4.78 is 0. The third-order valence-corrected chi connectivity index (χ3v) is 5.49. The largest absolute Gasteiger partial charge is 0.366 e. The quantitative estimate of drug-likeness (QED) is 0.756. The Morgan fingerprint density at radius 1 is 1.21 bits per heavy atom. The standard InChI is InChI=1S/C23H30N4O2/c1-16-4-3-12-27(15-16)13-11-22(28)25-14-18-5-7-19(8-6-18)21-10-9-20(23(24)29)17(2)26-21/h5-10,16H,3-4,11-15H2,1-2H3,(H2,24,29)(H,25,28)/t16-/m1/s1. The van der Waals surface area contributed by atoms with E-state index in [2.05, 4.69) is 22.1 Å². The molecule has 29 heavy (non-hydrogen) atoms. The summed E-state index contributed by atoms with van der Waals surface area (Å²) in [6.45, 7) is 7.61. The molecular formula is C23H30N4O2. The van der Waals surface area contributed by atoms with Crippen LogP contribution in [0.3, 0.4) is 0 Å². The molecule has 6 heteroatoms. The van der Waals surface area contributed by atoms with E-state index in [0.29, 0.717) is 24.2 Å². The van der Waals surface area contributed by atoms with Crippen molar-refractivity contribution < 1.29 is 9.59 Å². The molecule has 1 aliphatic rings. The molecule has 0 unspecified atom stereocenters. The summed E-state index contributed by atoms with van der Waals surface area (Å²) in [6, 6.07) is 11.4. The van der Waals surface area contributed by atoms with Crippen molar-refractivity contribution in [2.45, 2.75) is 39.7 Å². The first kappa shape index (κ1) is 21.0. The van der Waals surface area contributed by atoms with Crippen LogP contribution in [-0.2, 0) is 11.3 Å². The molecule has 2 aromatic rings. The molecule has 1 aromatic heterocycles. The number of piperidine rings is 1. The van der Waals surface area contributed by atoms with E-state index in [0.717, 1.165) is 42.4 Å². The van der Waals surface area contributed by atoms with Gasteiger partial charge in [-0.3, -0.25) is 14.6 Å². The van der Waals surface area contributed by atoms with Gasteiger partial charge in [0.15, 0.2) is 0 Å². The Hall–Kier alpha value is -2.73. The van der Waals surface area contributed by atoms with Crippen LogP contribution in [0.4, 0.5) is 0 Å². The minimum atomic E-state index is -0.470. The number of benzene rings is 1. The molecule has 1 fully saturated rings. The zero-order valence-electron chi connectivity index (χ0n) is 17.3. The molecule has 0 saturated carbocycles. The first-order valence-electron chi connectivity index (χ1n) is 10.3. The molecule has 1 atom stereocenters. The highest BCUT2D eigenvalue weighted by molar-refractivity contribution is 5.94. The van der Waals surface area contributed by atoms with Crippen LogP contribution in [0.2, 0.25) is 0 Å². The van der Waals surface area contributed by atoms with E-state index in [1.54, 1.807) is 19.1 Å². The summed E-state index contributed by atoms with van der Waals surface area (Å²) in [5.74, 6) is 0.352. The predicted octanol–water partition coefficient (Wildman–Crippen LogP) is 2.89. The first-order chi connectivity index (χ1) is 13.9. The monoisotopic (exact) mass is 394 g/mol. The van der Waals surface area contributed by atoms with E-state index in [1.807, 2.05) is 24.3 Å². The van der Waals surface area contributed by atoms with Gasteiger partial charge in [-0.15, -0.1) is 0 Å². The van der Waals surface area contributed by atoms with Crippen molar-refractivity contribution in [2.24, 2.45) is 11.7 Å². The topological polar surface area (TPSA) is 88.3 Å². The third kappa shape index (κ3) is 5.87. The molecule has 2 amide bonds. The molecule has 1 saturated heterocycles. The second-order valence-electron chi connectivity index (χ2n) is 7.97. The lowest BCUT2D eigenvalue weighted by Gasteiger charge is -2.30. The molecule has 0 spiro atoms. The minimum Gasteiger partial charge on any atom is -0.366 e. The van der Waals surface area contributed by atoms with Crippen molar-refractivity contribution in [3.05, 3.63) is 53.2 Å². The van der Waals surface area contributed by atoms with Gasteiger partial charge in [-0.2, -0.15) is 0 Å². The molecule has 0 aliphatic carbocycles. The van der Waals surface area contributed by atoms with Crippen molar-refractivity contribution >= 4 is 11.8 Å². The summed E-state index contributed by atoms with van der Waals surface area (Å²) in [5.41, 5.74) is 9.18. The zero-order valence-corrected chi connectivity index (χ0v) is 17.3. The maximum atomic E-state index is 12.2. The third-order valence-electron chi connectivity index (χ3n) is 5.49. The number of nitrogens with one attached hydrogen (secondary N) is 1. The number of nitrogens with zero attached hydrogens (tertiary/aromatic N) is 2. The van der Waals surface area contributed by atoms with Crippen molar-refractivity contribution in [3.8, 4) is 11.3 Å². The van der Waals surface area contributed by atoms with Crippen LogP contribution in [0.15, 0.2) is 36.4 Å². The lowest BCUT2D eigenvalue weighted by atomic mass is 10.0. The van der Waals surface area contributed by atoms with Crippen molar-refractivity contribution in [1.82, 2.24) is 15.2 Å². The van der Waals surface area contributed by atoms with Crippen LogP contribution in [0.1, 0.15) is 47.8 Å². The number of primary amides is 1. The predicted molar refractivity (Wildman–Crippen MR) is 114 cm³/mol. The summed E-state index contributed by atoms with van der Waals surface area (Å²) in [4.78, 5) is 30.4. The number of aryl methyl sites for hydroxylation is 1. The summed E-state index contributed by atoms with van der Waals surface area (Å²) in [6.07, 6.45) is 3.07. The van der Waals surface area contributed by atoms with E-state index < -0.39 is 5.91 Å². The average Bonchev–Trinajstić information content (AvgIpc) is 2.71. The second kappa shape index (κ2) is 9.65. The van der Waals surface area contributed by atoms with E-state index in [9.17, 15) is 9.59 Å². The Morgan fingerprint density at radius 2 is 1.97 bits per heavy atom. The van der Waals surface area contributed by atoms with Gasteiger partial charge in [0.2, 0.25) is 5.91 Å². The highest BCUT2D eigenvalue weighted by Crippen LogP contribution is 2.20. The number of hydrogen-bond donors (Lipinski definition) is 2. The van der Waals surface area contributed by atoms with E-state index >= 15 is 0 Å². The molecule has 2 heterocycles. The van der Waals surface area contributed by atoms with Gasteiger partial charge in [0, 0.05) is 31.6 Å². The Bertz CT molecular complexity index is 864. The number of aromatic nitrogens is 1. The number of hydrogen-bond acceptors (Lipinski definition) is 4. The lowest BCUT2D eigenvalue weighted by molar-refractivity contribution is -0.121. The van der Waals surface area contributed by atoms with Crippen molar-refractivity contribution in [2.75, 3.05) is 19.6 Å². The molecule has 3 N–H and O–H groups in total. The fraction of sp³-hybridized carbons (Fsp3) is 0.435. The number of likely N-dealkylation sites (tertiary alicyclic amines) is 1. The van der Waals surface area contributed by atoms with Crippen LogP contribution in [0.25, 0.3) is 11.3 Å². The number of carbonyl (C=O) groups is 2. The van der Waals surface area contributed by atoms with E-state index in [-0.39, 0.29) is 5.91 Å². The summed E-state index contributed by atoms with van der Waals surface area (Å²) >= 11 is 0. The van der Waals surface area contributed by atoms with Gasteiger partial charge >= 0.3 is 0 Å². The van der Waals surface area contributed by atoms with E-state index in [1.165, 1.54) is 12.8 Å². The second-order valence-corrected chi connectivity index (χ2v) is 7.97. The Labute approximate surface area is 172 Å². The van der Waals surface area contributed by atoms with Crippen molar-refractivity contribution in [3.63, 3.8) is 0 Å². The normalized spacial score (nSPS) is 17.1. The zero-order chi connectivity index (χ0) is 20.8.